The third kappa shape index (κ3) is 3.06. The lowest BCUT2D eigenvalue weighted by Gasteiger charge is -2.18. The zero-order valence-corrected chi connectivity index (χ0v) is 14.0. The Morgan fingerprint density at radius 3 is 2.68 bits per heavy atom. The molecule has 0 radical (unpaired) electrons. The summed E-state index contributed by atoms with van der Waals surface area (Å²) in [7, 11) is 3.27. The Bertz CT molecular complexity index is 640. The lowest BCUT2D eigenvalue weighted by atomic mass is 10.1. The molecular weight excluding hydrogens is 300 g/mol. The molecule has 1 aromatic carbocycles. The van der Waals surface area contributed by atoms with Gasteiger partial charge in [-0.3, -0.25) is 9.69 Å². The van der Waals surface area contributed by atoms with Crippen molar-refractivity contribution in [1.82, 2.24) is 9.80 Å². The zero-order valence-electron chi connectivity index (χ0n) is 13.2. The first-order chi connectivity index (χ1) is 10.3. The summed E-state index contributed by atoms with van der Waals surface area (Å²) in [5, 5.41) is 10.1. The maximum absolute atomic E-state index is 12.5. The summed E-state index contributed by atoms with van der Waals surface area (Å²) in [6.45, 7) is 4.68. The molecule has 1 heterocycles. The molecule has 1 N–H and O–H groups in total. The van der Waals surface area contributed by atoms with Crippen molar-refractivity contribution in [3.8, 4) is 11.5 Å². The average Bonchev–Trinajstić information content (AvgIpc) is 2.66. The fraction of sp³-hybridized carbons (Fsp3) is 0.375. The second kappa shape index (κ2) is 6.36. The van der Waals surface area contributed by atoms with Gasteiger partial charge < -0.3 is 14.7 Å². The predicted octanol–water partition coefficient (Wildman–Crippen LogP) is 2.46. The van der Waals surface area contributed by atoms with E-state index in [0.29, 0.717) is 29.0 Å². The predicted molar refractivity (Wildman–Crippen MR) is 89.5 cm³/mol. The second-order valence-electron chi connectivity index (χ2n) is 5.61. The van der Waals surface area contributed by atoms with E-state index in [1.54, 1.807) is 35.1 Å². The van der Waals surface area contributed by atoms with Crippen molar-refractivity contribution in [3.63, 3.8) is 0 Å². The van der Waals surface area contributed by atoms with Gasteiger partial charge in [-0.15, -0.1) is 0 Å². The van der Waals surface area contributed by atoms with E-state index in [4.69, 9.17) is 17.0 Å². The molecule has 1 saturated heterocycles. The van der Waals surface area contributed by atoms with Gasteiger partial charge >= 0.3 is 0 Å². The van der Waals surface area contributed by atoms with Gasteiger partial charge in [0.15, 0.2) is 16.6 Å². The SMILES string of the molecule is COc1cc(/C=C2\C(=O)N(CC(C)C)C(=S)N2C)ccc1O. The minimum absolute atomic E-state index is 0.0627. The fourth-order valence-corrected chi connectivity index (χ4v) is 2.54. The van der Waals surface area contributed by atoms with Crippen LogP contribution in [0.1, 0.15) is 19.4 Å². The van der Waals surface area contributed by atoms with Crippen molar-refractivity contribution in [2.75, 3.05) is 20.7 Å². The van der Waals surface area contributed by atoms with Crippen LogP contribution in [0.25, 0.3) is 6.08 Å². The van der Waals surface area contributed by atoms with Gasteiger partial charge in [0, 0.05) is 13.6 Å². The quantitative estimate of drug-likeness (QED) is 0.682. The number of likely N-dealkylation sites (N-methyl/N-ethyl adjacent to an activating group) is 1. The molecule has 0 spiro atoms. The molecule has 0 aliphatic carbocycles. The van der Waals surface area contributed by atoms with Gasteiger partial charge in [0.05, 0.1) is 7.11 Å². The van der Waals surface area contributed by atoms with Crippen molar-refractivity contribution >= 4 is 29.3 Å². The van der Waals surface area contributed by atoms with Gasteiger partial charge in [0.1, 0.15) is 5.70 Å². The minimum Gasteiger partial charge on any atom is -0.504 e. The molecule has 1 aromatic rings. The van der Waals surface area contributed by atoms with Crippen LogP contribution in [0.3, 0.4) is 0 Å². The van der Waals surface area contributed by atoms with Crippen LogP contribution in [0, 0.1) is 5.92 Å². The number of nitrogens with zero attached hydrogens (tertiary/aromatic N) is 2. The van der Waals surface area contributed by atoms with E-state index in [-0.39, 0.29) is 11.7 Å². The van der Waals surface area contributed by atoms with Crippen LogP contribution in [-0.2, 0) is 4.79 Å². The Hall–Kier alpha value is -2.08. The first-order valence-electron chi connectivity index (χ1n) is 7.03. The van der Waals surface area contributed by atoms with Crippen LogP contribution >= 0.6 is 12.2 Å². The van der Waals surface area contributed by atoms with E-state index in [1.165, 1.54) is 13.2 Å². The molecule has 2 rings (SSSR count). The topological polar surface area (TPSA) is 53.0 Å². The number of rotatable bonds is 4. The van der Waals surface area contributed by atoms with Crippen molar-refractivity contribution < 1.29 is 14.6 Å². The number of ether oxygens (including phenoxy) is 1. The lowest BCUT2D eigenvalue weighted by molar-refractivity contribution is -0.122. The summed E-state index contributed by atoms with van der Waals surface area (Å²) in [6, 6.07) is 4.94. The van der Waals surface area contributed by atoms with E-state index >= 15 is 0 Å². The van der Waals surface area contributed by atoms with Gasteiger partial charge in [-0.25, -0.2) is 0 Å². The molecular formula is C16H20N2O3S. The highest BCUT2D eigenvalue weighted by atomic mass is 32.1. The van der Waals surface area contributed by atoms with Crippen LogP contribution < -0.4 is 4.74 Å². The van der Waals surface area contributed by atoms with Crippen molar-refractivity contribution in [3.05, 3.63) is 29.5 Å². The van der Waals surface area contributed by atoms with Gasteiger partial charge in [0.2, 0.25) is 0 Å². The van der Waals surface area contributed by atoms with Crippen molar-refractivity contribution in [2.45, 2.75) is 13.8 Å². The molecule has 6 heteroatoms. The van der Waals surface area contributed by atoms with E-state index in [9.17, 15) is 9.90 Å². The zero-order chi connectivity index (χ0) is 16.4. The Kier molecular flexibility index (Phi) is 4.71. The van der Waals surface area contributed by atoms with Gasteiger partial charge in [-0.05, 0) is 41.9 Å². The Balaban J connectivity index is 2.35. The highest BCUT2D eigenvalue weighted by Crippen LogP contribution is 2.29. The van der Waals surface area contributed by atoms with Crippen LogP contribution in [0.5, 0.6) is 11.5 Å². The fourth-order valence-electron chi connectivity index (χ4n) is 2.28. The summed E-state index contributed by atoms with van der Waals surface area (Å²) >= 11 is 5.35. The summed E-state index contributed by atoms with van der Waals surface area (Å²) in [4.78, 5) is 15.9. The molecule has 0 aromatic heterocycles. The number of aromatic hydroxyl groups is 1. The van der Waals surface area contributed by atoms with Gasteiger partial charge in [0.25, 0.3) is 5.91 Å². The standard InChI is InChI=1S/C16H20N2O3S/c1-10(2)9-18-15(20)12(17(3)16(18)22)7-11-5-6-13(19)14(8-11)21-4/h5-8,10,19H,9H2,1-4H3/b12-7+. The van der Waals surface area contributed by atoms with E-state index in [1.807, 2.05) is 13.8 Å². The normalized spacial score (nSPS) is 17.0. The number of phenolic OH excluding ortho intramolecular Hbond substituents is 1. The average molecular weight is 320 g/mol. The summed E-state index contributed by atoms with van der Waals surface area (Å²) < 4.78 is 5.08. The maximum atomic E-state index is 12.5. The number of carbonyl (C=O) groups is 1. The third-order valence-corrected chi connectivity index (χ3v) is 3.89. The van der Waals surface area contributed by atoms with Gasteiger partial charge in [-0.2, -0.15) is 0 Å². The highest BCUT2D eigenvalue weighted by Gasteiger charge is 2.35. The van der Waals surface area contributed by atoms with Crippen LogP contribution in [0.2, 0.25) is 0 Å². The molecule has 0 atom stereocenters. The largest absolute Gasteiger partial charge is 0.504 e. The Labute approximate surface area is 135 Å². The first kappa shape index (κ1) is 16.3. The number of amides is 1. The molecule has 1 amide bonds. The van der Waals surface area contributed by atoms with Crippen molar-refractivity contribution in [2.24, 2.45) is 5.92 Å². The Morgan fingerprint density at radius 1 is 1.41 bits per heavy atom. The highest BCUT2D eigenvalue weighted by molar-refractivity contribution is 7.80. The number of phenols is 1. The number of carbonyl (C=O) groups excluding carboxylic acids is 1. The van der Waals surface area contributed by atoms with E-state index < -0.39 is 0 Å². The molecule has 0 unspecified atom stereocenters. The monoisotopic (exact) mass is 320 g/mol. The maximum Gasteiger partial charge on any atom is 0.276 e. The van der Waals surface area contributed by atoms with E-state index in [0.717, 1.165) is 5.56 Å². The second-order valence-corrected chi connectivity index (χ2v) is 5.98. The molecule has 1 aliphatic rings. The number of hydrogen-bond donors (Lipinski definition) is 1. The molecule has 0 bridgehead atoms. The third-order valence-electron chi connectivity index (χ3n) is 3.40. The molecule has 118 valence electrons. The molecule has 22 heavy (non-hydrogen) atoms. The van der Waals surface area contributed by atoms with Crippen LogP contribution in [0.4, 0.5) is 0 Å². The van der Waals surface area contributed by atoms with E-state index in [2.05, 4.69) is 0 Å². The molecule has 1 fully saturated rings. The summed E-state index contributed by atoms with van der Waals surface area (Å²) in [5.41, 5.74) is 1.28. The molecule has 0 saturated carbocycles. The molecule has 1 aliphatic heterocycles. The van der Waals surface area contributed by atoms with Gasteiger partial charge in [-0.1, -0.05) is 19.9 Å². The van der Waals surface area contributed by atoms with Crippen LogP contribution in [-0.4, -0.2) is 46.6 Å². The van der Waals surface area contributed by atoms with Crippen molar-refractivity contribution in [1.29, 1.82) is 0 Å². The smallest absolute Gasteiger partial charge is 0.276 e. The lowest BCUT2D eigenvalue weighted by Crippen LogP contribution is -2.34. The number of hydrogen-bond acceptors (Lipinski definition) is 4. The Morgan fingerprint density at radius 2 is 2.09 bits per heavy atom. The first-order valence-corrected chi connectivity index (χ1v) is 7.44. The summed E-state index contributed by atoms with van der Waals surface area (Å²) in [5.74, 6) is 0.661. The van der Waals surface area contributed by atoms with Crippen LogP contribution in [0.15, 0.2) is 23.9 Å². The number of thiocarbonyl (C=S) groups is 1. The minimum atomic E-state index is -0.103. The number of benzene rings is 1. The molecule has 5 nitrogen and oxygen atoms in total. The summed E-state index contributed by atoms with van der Waals surface area (Å²) in [6.07, 6.45) is 1.75. The number of methoxy groups -OCH3 is 1.